The number of H-pyrrole nitrogens is 1. The molecule has 1 aromatic carbocycles. The zero-order valence-corrected chi connectivity index (χ0v) is 13.0. The van der Waals surface area contributed by atoms with E-state index in [4.69, 9.17) is 0 Å². The molecule has 1 heterocycles. The molecule has 0 saturated carbocycles. The summed E-state index contributed by atoms with van der Waals surface area (Å²) in [7, 11) is -1.83. The molecule has 6 nitrogen and oxygen atoms in total. The van der Waals surface area contributed by atoms with Crippen molar-refractivity contribution in [2.24, 2.45) is 0 Å². The lowest BCUT2D eigenvalue weighted by Gasteiger charge is -2.10. The molecule has 0 fully saturated rings. The second kappa shape index (κ2) is 6.84. The maximum absolute atomic E-state index is 11.7. The van der Waals surface area contributed by atoms with Gasteiger partial charge >= 0.3 is 0 Å². The van der Waals surface area contributed by atoms with E-state index in [9.17, 15) is 8.42 Å². The Morgan fingerprint density at radius 2 is 1.81 bits per heavy atom. The van der Waals surface area contributed by atoms with Gasteiger partial charge in [-0.2, -0.15) is 5.10 Å². The van der Waals surface area contributed by atoms with Gasteiger partial charge in [0.05, 0.1) is 11.9 Å². The second-order valence-corrected chi connectivity index (χ2v) is 6.78. The van der Waals surface area contributed by atoms with E-state index >= 15 is 0 Å². The SMILES string of the molecule is CNS(=O)(=O)Cc1ccccc1CNCc1cn[nH]c1C. The molecule has 0 aliphatic carbocycles. The Balaban J connectivity index is 2.02. The van der Waals surface area contributed by atoms with Gasteiger partial charge in [-0.15, -0.1) is 0 Å². The molecule has 2 rings (SSSR count). The van der Waals surface area contributed by atoms with Crippen LogP contribution < -0.4 is 10.0 Å². The minimum atomic E-state index is -3.26. The van der Waals surface area contributed by atoms with Crippen molar-refractivity contribution in [2.45, 2.75) is 25.8 Å². The van der Waals surface area contributed by atoms with Crippen molar-refractivity contribution < 1.29 is 8.42 Å². The summed E-state index contributed by atoms with van der Waals surface area (Å²) in [5.74, 6) is -0.00785. The first kappa shape index (κ1) is 15.7. The highest BCUT2D eigenvalue weighted by Crippen LogP contribution is 2.12. The van der Waals surface area contributed by atoms with Crippen LogP contribution in [0.1, 0.15) is 22.4 Å². The molecule has 21 heavy (non-hydrogen) atoms. The standard InChI is InChI=1S/C14H20N4O2S/c1-11-14(9-17-18-11)8-16-7-12-5-3-4-6-13(12)10-21(19,20)15-2/h3-6,9,15-16H,7-8,10H2,1-2H3,(H,17,18). The molecule has 114 valence electrons. The number of hydrogen-bond donors (Lipinski definition) is 3. The first-order valence-corrected chi connectivity index (χ1v) is 8.34. The molecule has 2 aromatic rings. The number of aromatic nitrogens is 2. The molecular weight excluding hydrogens is 288 g/mol. The molecule has 0 radical (unpaired) electrons. The van der Waals surface area contributed by atoms with Crippen molar-refractivity contribution >= 4 is 10.0 Å². The summed E-state index contributed by atoms with van der Waals surface area (Å²) in [6.07, 6.45) is 1.79. The number of hydrogen-bond acceptors (Lipinski definition) is 4. The van der Waals surface area contributed by atoms with Gasteiger partial charge < -0.3 is 5.32 Å². The Labute approximate surface area is 125 Å². The first-order chi connectivity index (χ1) is 10.0. The lowest BCUT2D eigenvalue weighted by atomic mass is 10.1. The van der Waals surface area contributed by atoms with Gasteiger partial charge in [-0.1, -0.05) is 24.3 Å². The largest absolute Gasteiger partial charge is 0.308 e. The number of nitrogens with zero attached hydrogens (tertiary/aromatic N) is 1. The van der Waals surface area contributed by atoms with Gasteiger partial charge in [-0.3, -0.25) is 5.10 Å². The van der Waals surface area contributed by atoms with Gasteiger partial charge in [0, 0.05) is 24.3 Å². The van der Waals surface area contributed by atoms with Crippen LogP contribution in [0.5, 0.6) is 0 Å². The molecule has 0 spiro atoms. The summed E-state index contributed by atoms with van der Waals surface area (Å²) in [4.78, 5) is 0. The van der Waals surface area contributed by atoms with Crippen LogP contribution in [-0.2, 0) is 28.9 Å². The van der Waals surface area contributed by atoms with Crippen molar-refractivity contribution in [2.75, 3.05) is 7.05 Å². The molecule has 7 heteroatoms. The van der Waals surface area contributed by atoms with Crippen molar-refractivity contribution in [1.29, 1.82) is 0 Å². The third-order valence-electron chi connectivity index (χ3n) is 3.34. The maximum atomic E-state index is 11.7. The summed E-state index contributed by atoms with van der Waals surface area (Å²) < 4.78 is 25.7. The normalized spacial score (nSPS) is 11.7. The van der Waals surface area contributed by atoms with E-state index in [1.807, 2.05) is 31.2 Å². The number of aryl methyl sites for hydroxylation is 1. The van der Waals surface area contributed by atoms with Crippen LogP contribution in [0, 0.1) is 6.92 Å². The highest BCUT2D eigenvalue weighted by atomic mass is 32.2. The van der Waals surface area contributed by atoms with Crippen molar-refractivity contribution in [1.82, 2.24) is 20.2 Å². The minimum Gasteiger partial charge on any atom is -0.308 e. The molecule has 1 aromatic heterocycles. The molecular formula is C14H20N4O2S. The monoisotopic (exact) mass is 308 g/mol. The van der Waals surface area contributed by atoms with E-state index in [2.05, 4.69) is 20.2 Å². The lowest BCUT2D eigenvalue weighted by Crippen LogP contribution is -2.22. The second-order valence-electron chi connectivity index (χ2n) is 4.86. The minimum absolute atomic E-state index is 0.00785. The lowest BCUT2D eigenvalue weighted by molar-refractivity contribution is 0.587. The fraction of sp³-hybridized carbons (Fsp3) is 0.357. The number of aromatic amines is 1. The third-order valence-corrected chi connectivity index (χ3v) is 4.65. The molecule has 0 bridgehead atoms. The summed E-state index contributed by atoms with van der Waals surface area (Å²) in [5.41, 5.74) is 3.93. The van der Waals surface area contributed by atoms with Crippen LogP contribution in [0.4, 0.5) is 0 Å². The maximum Gasteiger partial charge on any atom is 0.215 e. The van der Waals surface area contributed by atoms with Crippen LogP contribution in [0.25, 0.3) is 0 Å². The van der Waals surface area contributed by atoms with E-state index in [1.165, 1.54) is 7.05 Å². The van der Waals surface area contributed by atoms with Crippen LogP contribution >= 0.6 is 0 Å². The Bertz CT molecular complexity index is 695. The number of nitrogens with one attached hydrogen (secondary N) is 3. The van der Waals surface area contributed by atoms with E-state index in [0.717, 1.165) is 22.4 Å². The predicted molar refractivity (Wildman–Crippen MR) is 82.0 cm³/mol. The number of benzene rings is 1. The Kier molecular flexibility index (Phi) is 5.11. The highest BCUT2D eigenvalue weighted by Gasteiger charge is 2.11. The number of rotatable bonds is 7. The Hall–Kier alpha value is -1.70. The summed E-state index contributed by atoms with van der Waals surface area (Å²) in [5, 5.41) is 10.2. The van der Waals surface area contributed by atoms with Crippen LogP contribution in [-0.4, -0.2) is 25.7 Å². The van der Waals surface area contributed by atoms with Gasteiger partial charge in [0.25, 0.3) is 0 Å². The quantitative estimate of drug-likeness (QED) is 0.714. The molecule has 0 amide bonds. The zero-order chi connectivity index (χ0) is 15.3. The topological polar surface area (TPSA) is 86.9 Å². The van der Waals surface area contributed by atoms with Gasteiger partial charge in [0.2, 0.25) is 10.0 Å². The molecule has 0 aliphatic rings. The molecule has 0 aliphatic heterocycles. The molecule has 0 saturated heterocycles. The number of sulfonamides is 1. The van der Waals surface area contributed by atoms with Crippen LogP contribution in [0.2, 0.25) is 0 Å². The van der Waals surface area contributed by atoms with Gasteiger partial charge in [-0.05, 0) is 25.1 Å². The van der Waals surface area contributed by atoms with Crippen LogP contribution in [0.15, 0.2) is 30.5 Å². The summed E-state index contributed by atoms with van der Waals surface area (Å²) >= 11 is 0. The van der Waals surface area contributed by atoms with E-state index in [1.54, 1.807) is 6.20 Å². The van der Waals surface area contributed by atoms with E-state index in [0.29, 0.717) is 13.1 Å². The fourth-order valence-electron chi connectivity index (χ4n) is 2.03. The highest BCUT2D eigenvalue weighted by molar-refractivity contribution is 7.88. The predicted octanol–water partition coefficient (Wildman–Crippen LogP) is 1.06. The zero-order valence-electron chi connectivity index (χ0n) is 12.2. The Morgan fingerprint density at radius 1 is 1.14 bits per heavy atom. The third kappa shape index (κ3) is 4.38. The van der Waals surface area contributed by atoms with Crippen molar-refractivity contribution in [3.05, 3.63) is 52.8 Å². The average molecular weight is 308 g/mol. The molecule has 0 unspecified atom stereocenters. The molecule has 0 atom stereocenters. The molecule has 3 N–H and O–H groups in total. The summed E-state index contributed by atoms with van der Waals surface area (Å²) in [6.45, 7) is 3.27. The average Bonchev–Trinajstić information content (AvgIpc) is 2.86. The van der Waals surface area contributed by atoms with Gasteiger partial charge in [0.1, 0.15) is 0 Å². The van der Waals surface area contributed by atoms with Crippen molar-refractivity contribution in [3.63, 3.8) is 0 Å². The Morgan fingerprint density at radius 3 is 2.43 bits per heavy atom. The first-order valence-electron chi connectivity index (χ1n) is 6.69. The van der Waals surface area contributed by atoms with Gasteiger partial charge in [-0.25, -0.2) is 13.1 Å². The van der Waals surface area contributed by atoms with Crippen molar-refractivity contribution in [3.8, 4) is 0 Å². The summed E-state index contributed by atoms with van der Waals surface area (Å²) in [6, 6.07) is 7.55. The smallest absolute Gasteiger partial charge is 0.215 e. The van der Waals surface area contributed by atoms with E-state index in [-0.39, 0.29) is 5.75 Å². The van der Waals surface area contributed by atoms with Gasteiger partial charge in [0.15, 0.2) is 0 Å². The fourth-order valence-corrected chi connectivity index (χ4v) is 2.87. The van der Waals surface area contributed by atoms with E-state index < -0.39 is 10.0 Å². The van der Waals surface area contributed by atoms with Crippen LogP contribution in [0.3, 0.4) is 0 Å².